The molecule has 3 aromatic rings. The van der Waals surface area contributed by atoms with Crippen LogP contribution in [0, 0.1) is 0 Å². The lowest BCUT2D eigenvalue weighted by atomic mass is 9.94. The molecule has 1 fully saturated rings. The van der Waals surface area contributed by atoms with E-state index in [1.54, 1.807) is 11.3 Å². The Morgan fingerprint density at radius 2 is 1.81 bits per heavy atom. The molecule has 0 unspecified atom stereocenters. The van der Waals surface area contributed by atoms with Crippen LogP contribution < -0.4 is 4.90 Å². The Hall–Kier alpha value is -2.60. The van der Waals surface area contributed by atoms with Crippen molar-refractivity contribution in [3.8, 4) is 11.3 Å². The van der Waals surface area contributed by atoms with Gasteiger partial charge in [-0.1, -0.05) is 18.2 Å². The molecule has 138 valence electrons. The summed E-state index contributed by atoms with van der Waals surface area (Å²) in [6.45, 7) is 3.20. The van der Waals surface area contributed by atoms with E-state index in [0.717, 1.165) is 50.3 Å². The minimum atomic E-state index is 0.0817. The highest BCUT2D eigenvalue weighted by Crippen LogP contribution is 2.38. The third-order valence-electron chi connectivity index (χ3n) is 5.64. The summed E-state index contributed by atoms with van der Waals surface area (Å²) < 4.78 is 1.90. The zero-order valence-electron chi connectivity index (χ0n) is 15.4. The molecule has 1 amide bonds. The predicted molar refractivity (Wildman–Crippen MR) is 108 cm³/mol. The summed E-state index contributed by atoms with van der Waals surface area (Å²) in [7, 11) is 1.95. The maximum absolute atomic E-state index is 13.2. The topological polar surface area (TPSA) is 41.4 Å². The monoisotopic (exact) mass is 378 g/mol. The third-order valence-corrected chi connectivity index (χ3v) is 6.62. The lowest BCUT2D eigenvalue weighted by Gasteiger charge is -2.36. The Balaban J connectivity index is 1.37. The predicted octanol–water partition coefficient (Wildman–Crippen LogP) is 3.21. The number of aryl methyl sites for hydroxylation is 2. The van der Waals surface area contributed by atoms with Crippen LogP contribution in [0.2, 0.25) is 0 Å². The van der Waals surface area contributed by atoms with Crippen molar-refractivity contribution in [1.29, 1.82) is 0 Å². The average molecular weight is 379 g/mol. The SMILES string of the molecule is Cn1nc(C(=O)N2CCN(c3ccccc3)CC2)c2c1-c1ccsc1CC2. The number of thiophene rings is 1. The molecular formula is C21H22N4OS. The van der Waals surface area contributed by atoms with Crippen LogP contribution in [0.3, 0.4) is 0 Å². The van der Waals surface area contributed by atoms with Gasteiger partial charge in [-0.3, -0.25) is 9.48 Å². The summed E-state index contributed by atoms with van der Waals surface area (Å²) in [6, 6.07) is 12.6. The molecule has 0 radical (unpaired) electrons. The molecule has 5 rings (SSSR count). The lowest BCUT2D eigenvalue weighted by molar-refractivity contribution is 0.0739. The minimum absolute atomic E-state index is 0.0817. The molecule has 0 bridgehead atoms. The van der Waals surface area contributed by atoms with E-state index in [1.165, 1.54) is 16.1 Å². The van der Waals surface area contributed by atoms with E-state index in [1.807, 2.05) is 22.7 Å². The number of carbonyl (C=O) groups excluding carboxylic acids is 1. The van der Waals surface area contributed by atoms with Gasteiger partial charge in [0.25, 0.3) is 5.91 Å². The maximum atomic E-state index is 13.2. The van der Waals surface area contributed by atoms with E-state index < -0.39 is 0 Å². The van der Waals surface area contributed by atoms with Crippen LogP contribution in [0.15, 0.2) is 41.8 Å². The Bertz CT molecular complexity index is 983. The molecule has 2 aliphatic rings. The molecule has 6 heteroatoms. The van der Waals surface area contributed by atoms with Crippen molar-refractivity contribution in [2.24, 2.45) is 7.05 Å². The van der Waals surface area contributed by atoms with Gasteiger partial charge in [-0.2, -0.15) is 5.10 Å². The third kappa shape index (κ3) is 2.75. The Labute approximate surface area is 162 Å². The molecule has 1 aromatic carbocycles. The number of hydrogen-bond acceptors (Lipinski definition) is 4. The first-order valence-electron chi connectivity index (χ1n) is 9.44. The zero-order chi connectivity index (χ0) is 18.4. The van der Waals surface area contributed by atoms with Gasteiger partial charge in [0.2, 0.25) is 0 Å². The van der Waals surface area contributed by atoms with Crippen molar-refractivity contribution in [3.63, 3.8) is 0 Å². The first-order valence-corrected chi connectivity index (χ1v) is 10.3. The summed E-state index contributed by atoms with van der Waals surface area (Å²) in [5, 5.41) is 6.78. The molecule has 0 N–H and O–H groups in total. The molecule has 1 aliphatic carbocycles. The Morgan fingerprint density at radius 1 is 1.04 bits per heavy atom. The average Bonchev–Trinajstić information content (AvgIpc) is 3.32. The van der Waals surface area contributed by atoms with Gasteiger partial charge < -0.3 is 9.80 Å². The Kier molecular flexibility index (Phi) is 4.01. The van der Waals surface area contributed by atoms with Gasteiger partial charge in [-0.25, -0.2) is 0 Å². The van der Waals surface area contributed by atoms with Crippen LogP contribution in [-0.2, 0) is 19.9 Å². The number of aromatic nitrogens is 2. The molecule has 5 nitrogen and oxygen atoms in total. The van der Waals surface area contributed by atoms with Gasteiger partial charge in [0.05, 0.1) is 5.69 Å². The number of carbonyl (C=O) groups is 1. The molecule has 1 aliphatic heterocycles. The van der Waals surface area contributed by atoms with Gasteiger partial charge in [0.15, 0.2) is 5.69 Å². The second-order valence-corrected chi connectivity index (χ2v) is 8.17. The van der Waals surface area contributed by atoms with E-state index in [0.29, 0.717) is 5.69 Å². The summed E-state index contributed by atoms with van der Waals surface area (Å²) in [5.41, 5.74) is 5.38. The van der Waals surface area contributed by atoms with Crippen LogP contribution in [0.4, 0.5) is 5.69 Å². The number of hydrogen-bond donors (Lipinski definition) is 0. The standard InChI is InChI=1S/C21H22N4OS/c1-23-20-16-9-14-27-18(16)8-7-17(20)19(22-23)21(26)25-12-10-24(11-13-25)15-5-3-2-4-6-15/h2-6,9,14H,7-8,10-13H2,1H3. The van der Waals surface area contributed by atoms with E-state index >= 15 is 0 Å². The van der Waals surface area contributed by atoms with Gasteiger partial charge in [0.1, 0.15) is 0 Å². The van der Waals surface area contributed by atoms with E-state index in [-0.39, 0.29) is 5.91 Å². The summed E-state index contributed by atoms with van der Waals surface area (Å²) in [4.78, 5) is 18.9. The number of benzene rings is 1. The first kappa shape index (κ1) is 16.6. The van der Waals surface area contributed by atoms with Crippen molar-refractivity contribution < 1.29 is 4.79 Å². The number of amides is 1. The molecule has 27 heavy (non-hydrogen) atoms. The molecular weight excluding hydrogens is 356 g/mol. The van der Waals surface area contributed by atoms with Crippen molar-refractivity contribution in [2.75, 3.05) is 31.1 Å². The van der Waals surface area contributed by atoms with Crippen LogP contribution in [0.1, 0.15) is 20.9 Å². The van der Waals surface area contributed by atoms with Crippen LogP contribution in [0.25, 0.3) is 11.3 Å². The zero-order valence-corrected chi connectivity index (χ0v) is 16.2. The smallest absolute Gasteiger partial charge is 0.274 e. The second kappa shape index (κ2) is 6.53. The molecule has 1 saturated heterocycles. The fourth-order valence-electron chi connectivity index (χ4n) is 4.25. The Morgan fingerprint density at radius 3 is 2.59 bits per heavy atom. The van der Waals surface area contributed by atoms with E-state index in [2.05, 4.69) is 45.7 Å². The highest BCUT2D eigenvalue weighted by Gasteiger charge is 2.31. The molecule has 2 aromatic heterocycles. The fraction of sp³-hybridized carbons (Fsp3) is 0.333. The van der Waals surface area contributed by atoms with Crippen molar-refractivity contribution in [1.82, 2.24) is 14.7 Å². The van der Waals surface area contributed by atoms with Gasteiger partial charge in [0, 0.05) is 54.9 Å². The number of rotatable bonds is 2. The van der Waals surface area contributed by atoms with Crippen LogP contribution >= 0.6 is 11.3 Å². The highest BCUT2D eigenvalue weighted by atomic mass is 32.1. The van der Waals surface area contributed by atoms with Crippen molar-refractivity contribution in [2.45, 2.75) is 12.8 Å². The highest BCUT2D eigenvalue weighted by molar-refractivity contribution is 7.10. The van der Waals surface area contributed by atoms with Gasteiger partial charge >= 0.3 is 0 Å². The van der Waals surface area contributed by atoms with E-state index in [9.17, 15) is 4.79 Å². The number of fused-ring (bicyclic) bond motifs is 3. The fourth-order valence-corrected chi connectivity index (χ4v) is 5.13. The maximum Gasteiger partial charge on any atom is 0.274 e. The molecule has 0 saturated carbocycles. The van der Waals surface area contributed by atoms with Crippen LogP contribution in [0.5, 0.6) is 0 Å². The second-order valence-electron chi connectivity index (χ2n) is 7.17. The first-order chi connectivity index (χ1) is 13.2. The van der Waals surface area contributed by atoms with Gasteiger partial charge in [-0.15, -0.1) is 11.3 Å². The number of nitrogens with zero attached hydrogens (tertiary/aromatic N) is 4. The van der Waals surface area contributed by atoms with Crippen LogP contribution in [-0.4, -0.2) is 46.8 Å². The van der Waals surface area contributed by atoms with Gasteiger partial charge in [-0.05, 0) is 36.4 Å². The van der Waals surface area contributed by atoms with E-state index in [4.69, 9.17) is 0 Å². The number of para-hydroxylation sites is 1. The molecule has 0 atom stereocenters. The summed E-state index contributed by atoms with van der Waals surface area (Å²) in [6.07, 6.45) is 1.91. The summed E-state index contributed by atoms with van der Waals surface area (Å²) in [5.74, 6) is 0.0817. The number of anilines is 1. The normalized spacial score (nSPS) is 16.2. The quantitative estimate of drug-likeness (QED) is 0.688. The minimum Gasteiger partial charge on any atom is -0.368 e. The molecule has 3 heterocycles. The van der Waals surface area contributed by atoms with Crippen molar-refractivity contribution in [3.05, 3.63) is 57.9 Å². The lowest BCUT2D eigenvalue weighted by Crippen LogP contribution is -2.49. The summed E-state index contributed by atoms with van der Waals surface area (Å²) >= 11 is 1.80. The van der Waals surface area contributed by atoms with Crippen molar-refractivity contribution >= 4 is 22.9 Å². The number of piperazine rings is 1. The largest absolute Gasteiger partial charge is 0.368 e. The molecule has 0 spiro atoms.